The molecule has 0 radical (unpaired) electrons. The molecule has 2 aliphatic heterocycles. The Hall–Kier alpha value is -1.55. The van der Waals surface area contributed by atoms with Crippen LogP contribution < -0.4 is 10.1 Å². The van der Waals surface area contributed by atoms with Crippen LogP contribution in [0.5, 0.6) is 5.75 Å². The number of fused-ring (bicyclic) bond motifs is 1. The van der Waals surface area contributed by atoms with E-state index in [4.69, 9.17) is 4.74 Å². The molecule has 0 saturated carbocycles. The summed E-state index contributed by atoms with van der Waals surface area (Å²) in [5.41, 5.74) is 1.16. The zero-order valence-corrected chi connectivity index (χ0v) is 11.3. The van der Waals surface area contributed by atoms with E-state index in [1.807, 2.05) is 18.2 Å². The number of piperidine rings is 1. The standard InChI is InChI=1S/C15H20N2O2/c1-19-13-8-3-2-6-11(13)15-12-7-4-5-9-17(12)14(18)10-16-15/h2-3,6,8,12,15-16H,4-5,7,9-10H2,1H3. The summed E-state index contributed by atoms with van der Waals surface area (Å²) in [4.78, 5) is 14.0. The molecule has 19 heavy (non-hydrogen) atoms. The maximum Gasteiger partial charge on any atom is 0.236 e. The molecule has 0 aliphatic carbocycles. The highest BCUT2D eigenvalue weighted by Crippen LogP contribution is 2.35. The molecule has 3 rings (SSSR count). The molecular weight excluding hydrogens is 240 g/mol. The van der Waals surface area contributed by atoms with Crippen molar-refractivity contribution in [3.05, 3.63) is 29.8 Å². The molecule has 102 valence electrons. The van der Waals surface area contributed by atoms with Crippen LogP contribution in [0, 0.1) is 0 Å². The predicted molar refractivity (Wildman–Crippen MR) is 73.1 cm³/mol. The summed E-state index contributed by atoms with van der Waals surface area (Å²) < 4.78 is 5.46. The Bertz CT molecular complexity index is 475. The van der Waals surface area contributed by atoms with Crippen LogP contribution in [0.25, 0.3) is 0 Å². The van der Waals surface area contributed by atoms with Crippen LogP contribution in [0.2, 0.25) is 0 Å². The van der Waals surface area contributed by atoms with Gasteiger partial charge in [0, 0.05) is 12.1 Å². The Kier molecular flexibility index (Phi) is 3.42. The Balaban J connectivity index is 1.93. The molecule has 2 unspecified atom stereocenters. The highest BCUT2D eigenvalue weighted by molar-refractivity contribution is 5.80. The minimum atomic E-state index is 0.189. The van der Waals surface area contributed by atoms with Crippen LogP contribution in [-0.4, -0.2) is 37.0 Å². The Labute approximate surface area is 113 Å². The number of methoxy groups -OCH3 is 1. The Morgan fingerprint density at radius 1 is 1.32 bits per heavy atom. The second kappa shape index (κ2) is 5.21. The molecule has 0 spiro atoms. The number of amides is 1. The van der Waals surface area contributed by atoms with Gasteiger partial charge >= 0.3 is 0 Å². The zero-order chi connectivity index (χ0) is 13.2. The number of nitrogens with one attached hydrogen (secondary N) is 1. The van der Waals surface area contributed by atoms with Gasteiger partial charge in [-0.3, -0.25) is 10.1 Å². The van der Waals surface area contributed by atoms with Gasteiger partial charge in [-0.2, -0.15) is 0 Å². The molecule has 1 amide bonds. The first-order valence-corrected chi connectivity index (χ1v) is 6.97. The van der Waals surface area contributed by atoms with Crippen LogP contribution in [0.3, 0.4) is 0 Å². The van der Waals surface area contributed by atoms with E-state index < -0.39 is 0 Å². The van der Waals surface area contributed by atoms with Gasteiger partial charge in [-0.25, -0.2) is 0 Å². The van der Waals surface area contributed by atoms with Crippen molar-refractivity contribution in [1.29, 1.82) is 0 Å². The third-order valence-electron chi connectivity index (χ3n) is 4.20. The smallest absolute Gasteiger partial charge is 0.236 e. The van der Waals surface area contributed by atoms with Gasteiger partial charge in [-0.1, -0.05) is 18.2 Å². The van der Waals surface area contributed by atoms with Gasteiger partial charge in [0.1, 0.15) is 5.75 Å². The van der Waals surface area contributed by atoms with Crippen LogP contribution in [0.15, 0.2) is 24.3 Å². The minimum absolute atomic E-state index is 0.189. The van der Waals surface area contributed by atoms with E-state index in [1.165, 1.54) is 6.42 Å². The number of rotatable bonds is 2. The summed E-state index contributed by atoms with van der Waals surface area (Å²) >= 11 is 0. The van der Waals surface area contributed by atoms with E-state index >= 15 is 0 Å². The number of para-hydroxylation sites is 1. The largest absolute Gasteiger partial charge is 0.496 e. The van der Waals surface area contributed by atoms with Crippen LogP contribution in [0.1, 0.15) is 30.9 Å². The van der Waals surface area contributed by atoms with Crippen molar-refractivity contribution in [3.8, 4) is 5.75 Å². The van der Waals surface area contributed by atoms with Crippen molar-refractivity contribution in [2.45, 2.75) is 31.3 Å². The summed E-state index contributed by atoms with van der Waals surface area (Å²) in [6.07, 6.45) is 3.39. The quantitative estimate of drug-likeness (QED) is 0.880. The van der Waals surface area contributed by atoms with Gasteiger partial charge in [-0.05, 0) is 25.3 Å². The number of ether oxygens (including phenoxy) is 1. The van der Waals surface area contributed by atoms with Gasteiger partial charge in [-0.15, -0.1) is 0 Å². The summed E-state index contributed by atoms with van der Waals surface area (Å²) in [7, 11) is 1.70. The molecular formula is C15H20N2O2. The van der Waals surface area contributed by atoms with E-state index in [2.05, 4.69) is 16.3 Å². The molecule has 1 aromatic carbocycles. The van der Waals surface area contributed by atoms with Crippen molar-refractivity contribution in [2.75, 3.05) is 20.2 Å². The molecule has 0 aromatic heterocycles. The fourth-order valence-corrected chi connectivity index (χ4v) is 3.29. The van der Waals surface area contributed by atoms with Crippen LogP contribution in [0.4, 0.5) is 0 Å². The van der Waals surface area contributed by atoms with E-state index in [1.54, 1.807) is 7.11 Å². The summed E-state index contributed by atoms with van der Waals surface area (Å²) in [6, 6.07) is 8.55. The summed E-state index contributed by atoms with van der Waals surface area (Å²) in [5.74, 6) is 1.13. The molecule has 4 heteroatoms. The first-order chi connectivity index (χ1) is 9.31. The molecule has 1 aromatic rings. The molecule has 1 N–H and O–H groups in total. The fourth-order valence-electron chi connectivity index (χ4n) is 3.29. The molecule has 2 aliphatic rings. The highest BCUT2D eigenvalue weighted by Gasteiger charge is 2.38. The van der Waals surface area contributed by atoms with E-state index in [0.29, 0.717) is 6.54 Å². The minimum Gasteiger partial charge on any atom is -0.496 e. The van der Waals surface area contributed by atoms with Crippen molar-refractivity contribution in [1.82, 2.24) is 10.2 Å². The number of benzene rings is 1. The van der Waals surface area contributed by atoms with Gasteiger partial charge < -0.3 is 9.64 Å². The molecule has 2 atom stereocenters. The van der Waals surface area contributed by atoms with Gasteiger partial charge in [0.15, 0.2) is 0 Å². The second-order valence-electron chi connectivity index (χ2n) is 5.25. The number of piperazine rings is 1. The maximum atomic E-state index is 12.0. The fraction of sp³-hybridized carbons (Fsp3) is 0.533. The molecule has 0 bridgehead atoms. The third-order valence-corrected chi connectivity index (χ3v) is 4.20. The predicted octanol–water partition coefficient (Wildman–Crippen LogP) is 1.72. The maximum absolute atomic E-state index is 12.0. The van der Waals surface area contributed by atoms with Crippen molar-refractivity contribution >= 4 is 5.91 Å². The van der Waals surface area contributed by atoms with Crippen LogP contribution >= 0.6 is 0 Å². The van der Waals surface area contributed by atoms with Gasteiger partial charge in [0.05, 0.1) is 25.7 Å². The van der Waals surface area contributed by atoms with Crippen molar-refractivity contribution in [2.24, 2.45) is 0 Å². The second-order valence-corrected chi connectivity index (χ2v) is 5.25. The summed E-state index contributed by atoms with van der Waals surface area (Å²) in [5, 5.41) is 3.39. The Morgan fingerprint density at radius 2 is 2.16 bits per heavy atom. The van der Waals surface area contributed by atoms with Crippen LogP contribution in [-0.2, 0) is 4.79 Å². The topological polar surface area (TPSA) is 41.6 Å². The lowest BCUT2D eigenvalue weighted by Crippen LogP contribution is -2.58. The average molecular weight is 260 g/mol. The summed E-state index contributed by atoms with van der Waals surface area (Å²) in [6.45, 7) is 1.33. The lowest BCUT2D eigenvalue weighted by Gasteiger charge is -2.45. The first kappa shape index (κ1) is 12.5. The lowest BCUT2D eigenvalue weighted by atomic mass is 9.88. The third kappa shape index (κ3) is 2.21. The van der Waals surface area contributed by atoms with E-state index in [-0.39, 0.29) is 18.0 Å². The first-order valence-electron chi connectivity index (χ1n) is 6.97. The lowest BCUT2D eigenvalue weighted by molar-refractivity contribution is -0.138. The SMILES string of the molecule is COc1ccccc1C1NCC(=O)N2CCCCC12. The van der Waals surface area contributed by atoms with Gasteiger partial charge in [0.25, 0.3) is 0 Å². The highest BCUT2D eigenvalue weighted by atomic mass is 16.5. The monoisotopic (exact) mass is 260 g/mol. The molecule has 2 fully saturated rings. The van der Waals surface area contributed by atoms with E-state index in [9.17, 15) is 4.79 Å². The molecule has 2 heterocycles. The van der Waals surface area contributed by atoms with Crippen molar-refractivity contribution < 1.29 is 9.53 Å². The Morgan fingerprint density at radius 3 is 3.00 bits per heavy atom. The van der Waals surface area contributed by atoms with E-state index in [0.717, 1.165) is 30.7 Å². The average Bonchev–Trinajstić information content (AvgIpc) is 2.48. The normalized spacial score (nSPS) is 27.0. The molecule has 2 saturated heterocycles. The molecule has 4 nitrogen and oxygen atoms in total. The number of hydrogen-bond donors (Lipinski definition) is 1. The number of carbonyl (C=O) groups is 1. The van der Waals surface area contributed by atoms with Crippen molar-refractivity contribution in [3.63, 3.8) is 0 Å². The number of hydrogen-bond acceptors (Lipinski definition) is 3. The van der Waals surface area contributed by atoms with Gasteiger partial charge in [0.2, 0.25) is 5.91 Å². The number of nitrogens with zero attached hydrogens (tertiary/aromatic N) is 1. The zero-order valence-electron chi connectivity index (χ0n) is 11.3. The number of carbonyl (C=O) groups excluding carboxylic acids is 1.